The van der Waals surface area contributed by atoms with E-state index in [9.17, 15) is 0 Å². The Balaban J connectivity index is 2.15. The Morgan fingerprint density at radius 3 is 3.10 bits per heavy atom. The second kappa shape index (κ2) is 2.23. The van der Waals surface area contributed by atoms with Crippen LogP contribution in [0.2, 0.25) is 0 Å². The van der Waals surface area contributed by atoms with Crippen LogP contribution in [0.1, 0.15) is 39.0 Å². The van der Waals surface area contributed by atoms with Gasteiger partial charge in [-0.05, 0) is 31.1 Å². The third-order valence-electron chi connectivity index (χ3n) is 3.45. The van der Waals surface area contributed by atoms with Gasteiger partial charge in [0.2, 0.25) is 0 Å². The van der Waals surface area contributed by atoms with E-state index in [-0.39, 0.29) is 0 Å². The Bertz CT molecular complexity index is 121. The number of fused-ring (bicyclic) bond motifs is 1. The highest BCUT2D eigenvalue weighted by atomic mass is 16.5. The van der Waals surface area contributed by atoms with Crippen molar-refractivity contribution in [2.45, 2.75) is 45.1 Å². The third kappa shape index (κ3) is 0.731. The topological polar surface area (TPSA) is 9.23 Å². The van der Waals surface area contributed by atoms with Gasteiger partial charge in [0.25, 0.3) is 0 Å². The summed E-state index contributed by atoms with van der Waals surface area (Å²) in [5.41, 5.74) is 0.625. The first-order valence-electron chi connectivity index (χ1n) is 4.49. The number of rotatable bonds is 1. The molecule has 1 nitrogen and oxygen atoms in total. The molecule has 58 valence electrons. The maximum Gasteiger partial charge on any atom is 0.0632 e. The standard InChI is InChI=1S/C9H16O/c1-2-9-5-3-4-8(9)10-7-6-9/h8H,2-7H2,1H3/t8-,9-/m1/s1. The normalized spacial score (nSPS) is 45.9. The molecule has 1 heteroatoms. The maximum atomic E-state index is 5.67. The van der Waals surface area contributed by atoms with Crippen LogP contribution in [0, 0.1) is 5.41 Å². The zero-order valence-electron chi connectivity index (χ0n) is 6.73. The van der Waals surface area contributed by atoms with Gasteiger partial charge in [0.05, 0.1) is 6.10 Å². The SMILES string of the molecule is CC[C@]12CCC[C@H]1OCC2. The predicted octanol–water partition coefficient (Wildman–Crippen LogP) is 2.36. The highest BCUT2D eigenvalue weighted by Gasteiger charge is 2.45. The van der Waals surface area contributed by atoms with Crippen molar-refractivity contribution in [2.24, 2.45) is 5.41 Å². The van der Waals surface area contributed by atoms with Gasteiger partial charge in [-0.15, -0.1) is 0 Å². The lowest BCUT2D eigenvalue weighted by atomic mass is 9.80. The van der Waals surface area contributed by atoms with Gasteiger partial charge >= 0.3 is 0 Å². The van der Waals surface area contributed by atoms with E-state index in [4.69, 9.17) is 4.74 Å². The molecule has 0 spiro atoms. The van der Waals surface area contributed by atoms with Crippen LogP contribution in [0.15, 0.2) is 0 Å². The van der Waals surface area contributed by atoms with E-state index >= 15 is 0 Å². The number of hydrogen-bond acceptors (Lipinski definition) is 1. The van der Waals surface area contributed by atoms with Crippen LogP contribution < -0.4 is 0 Å². The molecule has 2 atom stereocenters. The quantitative estimate of drug-likeness (QED) is 0.543. The van der Waals surface area contributed by atoms with E-state index in [1.165, 1.54) is 32.1 Å². The number of ether oxygens (including phenoxy) is 1. The van der Waals surface area contributed by atoms with Gasteiger partial charge in [-0.1, -0.05) is 13.3 Å². The van der Waals surface area contributed by atoms with E-state index in [0.29, 0.717) is 11.5 Å². The highest BCUT2D eigenvalue weighted by Crippen LogP contribution is 2.49. The minimum atomic E-state index is 0.625. The smallest absolute Gasteiger partial charge is 0.0632 e. The molecule has 1 heterocycles. The van der Waals surface area contributed by atoms with Gasteiger partial charge in [-0.3, -0.25) is 0 Å². The molecular weight excluding hydrogens is 124 g/mol. The van der Waals surface area contributed by atoms with Crippen LogP contribution in [-0.2, 0) is 4.74 Å². The van der Waals surface area contributed by atoms with Crippen molar-refractivity contribution in [3.63, 3.8) is 0 Å². The van der Waals surface area contributed by atoms with Gasteiger partial charge in [0, 0.05) is 6.61 Å². The summed E-state index contributed by atoms with van der Waals surface area (Å²) in [6.45, 7) is 3.34. The Hall–Kier alpha value is -0.0400. The summed E-state index contributed by atoms with van der Waals surface area (Å²) in [6, 6.07) is 0. The molecule has 1 aliphatic carbocycles. The van der Waals surface area contributed by atoms with Crippen LogP contribution in [-0.4, -0.2) is 12.7 Å². The predicted molar refractivity (Wildman–Crippen MR) is 40.9 cm³/mol. The van der Waals surface area contributed by atoms with Crippen LogP contribution in [0.4, 0.5) is 0 Å². The fourth-order valence-corrected chi connectivity index (χ4v) is 2.64. The zero-order chi connectivity index (χ0) is 7.03. The Labute approximate surface area is 62.8 Å². The summed E-state index contributed by atoms with van der Waals surface area (Å²) in [5.74, 6) is 0. The Morgan fingerprint density at radius 1 is 1.50 bits per heavy atom. The fraction of sp³-hybridized carbons (Fsp3) is 1.00. The fourth-order valence-electron chi connectivity index (χ4n) is 2.64. The molecule has 1 saturated heterocycles. The van der Waals surface area contributed by atoms with Gasteiger partial charge in [0.15, 0.2) is 0 Å². The average molecular weight is 140 g/mol. The summed E-state index contributed by atoms with van der Waals surface area (Å²) in [7, 11) is 0. The minimum absolute atomic E-state index is 0.625. The van der Waals surface area contributed by atoms with Crippen molar-refractivity contribution in [1.29, 1.82) is 0 Å². The van der Waals surface area contributed by atoms with E-state index in [1.54, 1.807) is 0 Å². The molecule has 1 aliphatic heterocycles. The van der Waals surface area contributed by atoms with Crippen LogP contribution >= 0.6 is 0 Å². The first-order valence-corrected chi connectivity index (χ1v) is 4.49. The highest BCUT2D eigenvalue weighted by molar-refractivity contribution is 4.95. The molecule has 0 aromatic rings. The van der Waals surface area contributed by atoms with Crippen molar-refractivity contribution in [3.05, 3.63) is 0 Å². The largest absolute Gasteiger partial charge is 0.378 e. The molecule has 2 fully saturated rings. The van der Waals surface area contributed by atoms with E-state index in [1.807, 2.05) is 0 Å². The number of hydrogen-bond donors (Lipinski definition) is 0. The lowest BCUT2D eigenvalue weighted by Gasteiger charge is -2.25. The zero-order valence-corrected chi connectivity index (χ0v) is 6.73. The van der Waals surface area contributed by atoms with Crippen LogP contribution in [0.3, 0.4) is 0 Å². The molecule has 2 aliphatic rings. The summed E-state index contributed by atoms with van der Waals surface area (Å²) >= 11 is 0. The Morgan fingerprint density at radius 2 is 2.40 bits per heavy atom. The molecule has 2 rings (SSSR count). The average Bonchev–Trinajstić information content (AvgIpc) is 2.42. The molecular formula is C9H16O. The summed E-state index contributed by atoms with van der Waals surface area (Å²) in [6.07, 6.45) is 7.45. The molecule has 10 heavy (non-hydrogen) atoms. The lowest BCUT2D eigenvalue weighted by Crippen LogP contribution is -2.23. The third-order valence-corrected chi connectivity index (χ3v) is 3.45. The first-order chi connectivity index (χ1) is 4.87. The molecule has 0 amide bonds. The summed E-state index contributed by atoms with van der Waals surface area (Å²) < 4.78 is 5.67. The monoisotopic (exact) mass is 140 g/mol. The van der Waals surface area contributed by atoms with Crippen LogP contribution in [0.5, 0.6) is 0 Å². The van der Waals surface area contributed by atoms with Crippen molar-refractivity contribution >= 4 is 0 Å². The molecule has 0 bridgehead atoms. The summed E-state index contributed by atoms with van der Waals surface area (Å²) in [4.78, 5) is 0. The van der Waals surface area contributed by atoms with Crippen molar-refractivity contribution in [3.8, 4) is 0 Å². The van der Waals surface area contributed by atoms with E-state index in [0.717, 1.165) is 6.61 Å². The van der Waals surface area contributed by atoms with Gasteiger partial charge in [0.1, 0.15) is 0 Å². The van der Waals surface area contributed by atoms with E-state index in [2.05, 4.69) is 6.92 Å². The van der Waals surface area contributed by atoms with E-state index < -0.39 is 0 Å². The molecule has 0 aromatic heterocycles. The second-order valence-corrected chi connectivity index (χ2v) is 3.72. The second-order valence-electron chi connectivity index (χ2n) is 3.72. The van der Waals surface area contributed by atoms with Crippen molar-refractivity contribution in [1.82, 2.24) is 0 Å². The molecule has 0 N–H and O–H groups in total. The Kier molecular flexibility index (Phi) is 1.48. The van der Waals surface area contributed by atoms with Gasteiger partial charge in [-0.25, -0.2) is 0 Å². The molecule has 1 saturated carbocycles. The lowest BCUT2D eigenvalue weighted by molar-refractivity contribution is 0.0686. The van der Waals surface area contributed by atoms with Gasteiger partial charge < -0.3 is 4.74 Å². The molecule has 0 radical (unpaired) electrons. The van der Waals surface area contributed by atoms with Crippen molar-refractivity contribution in [2.75, 3.05) is 6.61 Å². The van der Waals surface area contributed by atoms with Crippen molar-refractivity contribution < 1.29 is 4.74 Å². The molecule has 0 aromatic carbocycles. The summed E-state index contributed by atoms with van der Waals surface area (Å²) in [5, 5.41) is 0. The minimum Gasteiger partial charge on any atom is -0.378 e. The first kappa shape index (κ1) is 6.66. The maximum absolute atomic E-state index is 5.67. The van der Waals surface area contributed by atoms with Crippen LogP contribution in [0.25, 0.3) is 0 Å². The molecule has 0 unspecified atom stereocenters. The van der Waals surface area contributed by atoms with Gasteiger partial charge in [-0.2, -0.15) is 0 Å².